The van der Waals surface area contributed by atoms with Crippen LogP contribution in [0.5, 0.6) is 5.88 Å². The van der Waals surface area contributed by atoms with Crippen molar-refractivity contribution in [3.05, 3.63) is 47.7 Å². The van der Waals surface area contributed by atoms with Crippen molar-refractivity contribution in [2.24, 2.45) is 0 Å². The second-order valence-electron chi connectivity index (χ2n) is 5.74. The van der Waals surface area contributed by atoms with Crippen molar-refractivity contribution in [2.75, 3.05) is 13.1 Å². The minimum absolute atomic E-state index is 0.0419. The Hall–Kier alpha value is -3.05. The van der Waals surface area contributed by atoms with E-state index >= 15 is 0 Å². The fraction of sp³-hybridized carbons (Fsp3) is 0.235. The molecule has 0 N–H and O–H groups in total. The van der Waals surface area contributed by atoms with E-state index in [0.29, 0.717) is 30.1 Å². The van der Waals surface area contributed by atoms with Crippen LogP contribution in [0.3, 0.4) is 0 Å². The third-order valence-corrected chi connectivity index (χ3v) is 4.64. The smallest absolute Gasteiger partial charge is 0.254 e. The first-order valence-electron chi connectivity index (χ1n) is 7.77. The van der Waals surface area contributed by atoms with Gasteiger partial charge in [0, 0.05) is 30.8 Å². The predicted molar refractivity (Wildman–Crippen MR) is 91.3 cm³/mol. The molecule has 124 valence electrons. The second-order valence-corrected chi connectivity index (χ2v) is 6.27. The monoisotopic (exact) mass is 351 g/mol. The van der Waals surface area contributed by atoms with Gasteiger partial charge in [0.15, 0.2) is 0 Å². The summed E-state index contributed by atoms with van der Waals surface area (Å²) in [5.41, 5.74) is 2.64. The molecular formula is C17H13N5O2S. The number of carbonyl (C=O) groups is 1. The van der Waals surface area contributed by atoms with Crippen molar-refractivity contribution in [3.8, 4) is 11.9 Å². The Labute approximate surface area is 147 Å². The van der Waals surface area contributed by atoms with E-state index in [-0.39, 0.29) is 12.0 Å². The quantitative estimate of drug-likeness (QED) is 0.719. The summed E-state index contributed by atoms with van der Waals surface area (Å²) in [6, 6.07) is 10.6. The number of pyridine rings is 1. The lowest BCUT2D eigenvalue weighted by Crippen LogP contribution is -2.31. The number of aromatic nitrogens is 3. The van der Waals surface area contributed by atoms with E-state index in [1.54, 1.807) is 35.4 Å². The van der Waals surface area contributed by atoms with Gasteiger partial charge in [-0.15, -0.1) is 0 Å². The molecule has 0 saturated carbocycles. The van der Waals surface area contributed by atoms with Crippen LogP contribution in [0.2, 0.25) is 0 Å². The van der Waals surface area contributed by atoms with Gasteiger partial charge in [0.05, 0.1) is 29.9 Å². The predicted octanol–water partition coefficient (Wildman–Crippen LogP) is 2.25. The number of nitriles is 1. The van der Waals surface area contributed by atoms with Crippen LogP contribution in [-0.4, -0.2) is 43.7 Å². The molecule has 0 radical (unpaired) electrons. The number of nitrogens with zero attached hydrogens (tertiary/aromatic N) is 5. The second kappa shape index (κ2) is 6.45. The van der Waals surface area contributed by atoms with E-state index in [0.717, 1.165) is 29.2 Å². The normalized spacial score (nSPS) is 16.8. The summed E-state index contributed by atoms with van der Waals surface area (Å²) >= 11 is 1.14. The number of fused-ring (bicyclic) bond motifs is 1. The Balaban J connectivity index is 1.44. The summed E-state index contributed by atoms with van der Waals surface area (Å²) in [5, 5.41) is 8.93. The molecule has 8 heteroatoms. The lowest BCUT2D eigenvalue weighted by atomic mass is 10.2. The Morgan fingerprint density at radius 2 is 2.16 bits per heavy atom. The van der Waals surface area contributed by atoms with Gasteiger partial charge in [0.25, 0.3) is 5.91 Å². The molecule has 1 aromatic carbocycles. The molecule has 1 aliphatic rings. The van der Waals surface area contributed by atoms with Crippen LogP contribution in [0.25, 0.3) is 11.0 Å². The molecular weight excluding hydrogens is 338 g/mol. The number of carbonyl (C=O) groups excluding carboxylic acids is 1. The topological polar surface area (TPSA) is 92.0 Å². The first-order valence-corrected chi connectivity index (χ1v) is 8.50. The zero-order chi connectivity index (χ0) is 17.2. The van der Waals surface area contributed by atoms with Crippen LogP contribution in [0, 0.1) is 11.3 Å². The van der Waals surface area contributed by atoms with E-state index in [1.165, 1.54) is 0 Å². The SMILES string of the molecule is N#Cc1ccnc(OC2CCN(C(=O)c3ccc4nsnc4c3)C2)c1. The number of benzene rings is 1. The van der Waals surface area contributed by atoms with E-state index in [9.17, 15) is 4.79 Å². The van der Waals surface area contributed by atoms with Crippen molar-refractivity contribution in [1.82, 2.24) is 18.6 Å². The fourth-order valence-corrected chi connectivity index (χ4v) is 3.34. The molecule has 1 fully saturated rings. The van der Waals surface area contributed by atoms with Crippen molar-refractivity contribution in [3.63, 3.8) is 0 Å². The molecule has 1 amide bonds. The Morgan fingerprint density at radius 3 is 3.04 bits per heavy atom. The zero-order valence-corrected chi connectivity index (χ0v) is 13.9. The number of hydrogen-bond donors (Lipinski definition) is 0. The van der Waals surface area contributed by atoms with E-state index in [2.05, 4.69) is 19.8 Å². The molecule has 0 bridgehead atoms. The number of hydrogen-bond acceptors (Lipinski definition) is 7. The Bertz CT molecular complexity index is 980. The summed E-state index contributed by atoms with van der Waals surface area (Å²) in [7, 11) is 0. The van der Waals surface area contributed by atoms with E-state index in [1.807, 2.05) is 6.07 Å². The molecule has 2 aromatic heterocycles. The molecule has 4 rings (SSSR count). The van der Waals surface area contributed by atoms with Gasteiger partial charge in [-0.25, -0.2) is 4.98 Å². The zero-order valence-electron chi connectivity index (χ0n) is 13.1. The third kappa shape index (κ3) is 3.14. The fourth-order valence-electron chi connectivity index (χ4n) is 2.82. The summed E-state index contributed by atoms with van der Waals surface area (Å²) in [6.45, 7) is 1.11. The van der Waals surface area contributed by atoms with Crippen LogP contribution >= 0.6 is 11.7 Å². The van der Waals surface area contributed by atoms with Gasteiger partial charge in [0.1, 0.15) is 17.1 Å². The van der Waals surface area contributed by atoms with Gasteiger partial charge in [-0.1, -0.05) is 0 Å². The number of likely N-dealkylation sites (tertiary alicyclic amines) is 1. The third-order valence-electron chi connectivity index (χ3n) is 4.08. The highest BCUT2D eigenvalue weighted by atomic mass is 32.1. The summed E-state index contributed by atoms with van der Waals surface area (Å²) in [5.74, 6) is 0.369. The van der Waals surface area contributed by atoms with Crippen LogP contribution in [-0.2, 0) is 0 Å². The average Bonchev–Trinajstić information content (AvgIpc) is 3.29. The first kappa shape index (κ1) is 15.5. The Kier molecular flexibility index (Phi) is 3.99. The minimum atomic E-state index is -0.130. The maximum absolute atomic E-state index is 12.7. The lowest BCUT2D eigenvalue weighted by Gasteiger charge is -2.17. The largest absolute Gasteiger partial charge is 0.472 e. The number of rotatable bonds is 3. The summed E-state index contributed by atoms with van der Waals surface area (Å²) in [6.07, 6.45) is 2.14. The van der Waals surface area contributed by atoms with Gasteiger partial charge in [-0.05, 0) is 24.3 Å². The molecule has 7 nitrogen and oxygen atoms in total. The highest BCUT2D eigenvalue weighted by molar-refractivity contribution is 7.00. The molecule has 0 aliphatic carbocycles. The summed E-state index contributed by atoms with van der Waals surface area (Å²) in [4.78, 5) is 18.6. The molecule has 25 heavy (non-hydrogen) atoms. The summed E-state index contributed by atoms with van der Waals surface area (Å²) < 4.78 is 14.1. The van der Waals surface area contributed by atoms with Gasteiger partial charge in [-0.2, -0.15) is 14.0 Å². The average molecular weight is 351 g/mol. The van der Waals surface area contributed by atoms with E-state index < -0.39 is 0 Å². The molecule has 3 aromatic rings. The number of ether oxygens (including phenoxy) is 1. The highest BCUT2D eigenvalue weighted by Crippen LogP contribution is 2.21. The van der Waals surface area contributed by atoms with Gasteiger partial charge < -0.3 is 9.64 Å². The van der Waals surface area contributed by atoms with Crippen molar-refractivity contribution in [2.45, 2.75) is 12.5 Å². The van der Waals surface area contributed by atoms with Crippen molar-refractivity contribution < 1.29 is 9.53 Å². The van der Waals surface area contributed by atoms with Crippen molar-refractivity contribution in [1.29, 1.82) is 5.26 Å². The maximum Gasteiger partial charge on any atom is 0.254 e. The highest BCUT2D eigenvalue weighted by Gasteiger charge is 2.28. The van der Waals surface area contributed by atoms with E-state index in [4.69, 9.17) is 10.00 Å². The molecule has 1 atom stereocenters. The molecule has 0 spiro atoms. The van der Waals surface area contributed by atoms with Crippen LogP contribution in [0.15, 0.2) is 36.5 Å². The Morgan fingerprint density at radius 1 is 1.28 bits per heavy atom. The molecule has 3 heterocycles. The maximum atomic E-state index is 12.7. The van der Waals surface area contributed by atoms with Crippen LogP contribution in [0.4, 0.5) is 0 Å². The number of amides is 1. The standard InChI is InChI=1S/C17H13N5O2S/c18-9-11-3-5-19-16(7-11)24-13-4-6-22(10-13)17(23)12-1-2-14-15(8-12)21-25-20-14/h1-3,5,7-8,13H,4,6,10H2. The van der Waals surface area contributed by atoms with Gasteiger partial charge in [-0.3, -0.25) is 4.79 Å². The first-order chi connectivity index (χ1) is 12.2. The van der Waals surface area contributed by atoms with Crippen LogP contribution in [0.1, 0.15) is 22.3 Å². The van der Waals surface area contributed by atoms with Gasteiger partial charge >= 0.3 is 0 Å². The lowest BCUT2D eigenvalue weighted by molar-refractivity contribution is 0.0771. The van der Waals surface area contributed by atoms with Gasteiger partial charge in [0.2, 0.25) is 5.88 Å². The van der Waals surface area contributed by atoms with Crippen molar-refractivity contribution >= 4 is 28.7 Å². The molecule has 1 saturated heterocycles. The minimum Gasteiger partial charge on any atom is -0.472 e. The molecule has 1 aliphatic heterocycles. The van der Waals surface area contributed by atoms with Crippen LogP contribution < -0.4 is 4.74 Å². The molecule has 1 unspecified atom stereocenters.